The van der Waals surface area contributed by atoms with Crippen LogP contribution in [0.5, 0.6) is 0 Å². The van der Waals surface area contributed by atoms with Crippen LogP contribution in [0.1, 0.15) is 21.5 Å². The van der Waals surface area contributed by atoms with Gasteiger partial charge in [0, 0.05) is 30.0 Å². The molecule has 0 saturated carbocycles. The molecule has 2 aromatic carbocycles. The van der Waals surface area contributed by atoms with Gasteiger partial charge in [-0.05, 0) is 61.4 Å². The third kappa shape index (κ3) is 3.56. The molecular weight excluding hydrogens is 302 g/mol. The highest BCUT2D eigenvalue weighted by Crippen LogP contribution is 2.19. The average molecular weight is 323 g/mol. The smallest absolute Gasteiger partial charge is 0.255 e. The standard InChI is InChI=1S/C19H21N3O2/c1-13-3-4-15(11-14(13)2)19(24)21-16-5-7-17(8-6-16)22-10-9-20-18(23)12-22/h3-8,11H,9-10,12H2,1-2H3,(H,20,23)(H,21,24). The van der Waals surface area contributed by atoms with Crippen LogP contribution in [0, 0.1) is 13.8 Å². The molecule has 0 spiro atoms. The average Bonchev–Trinajstić information content (AvgIpc) is 2.58. The van der Waals surface area contributed by atoms with Crippen molar-refractivity contribution < 1.29 is 9.59 Å². The molecule has 2 N–H and O–H groups in total. The van der Waals surface area contributed by atoms with Crippen molar-refractivity contribution in [3.8, 4) is 0 Å². The summed E-state index contributed by atoms with van der Waals surface area (Å²) < 4.78 is 0. The van der Waals surface area contributed by atoms with Crippen LogP contribution in [0.15, 0.2) is 42.5 Å². The summed E-state index contributed by atoms with van der Waals surface area (Å²) in [5.41, 5.74) is 4.63. The number of hydrogen-bond acceptors (Lipinski definition) is 3. The molecule has 0 bridgehead atoms. The van der Waals surface area contributed by atoms with E-state index in [4.69, 9.17) is 0 Å². The van der Waals surface area contributed by atoms with Gasteiger partial charge in [-0.2, -0.15) is 0 Å². The number of carbonyl (C=O) groups is 2. The van der Waals surface area contributed by atoms with E-state index < -0.39 is 0 Å². The Hall–Kier alpha value is -2.82. The highest BCUT2D eigenvalue weighted by molar-refractivity contribution is 6.04. The SMILES string of the molecule is Cc1ccc(C(=O)Nc2ccc(N3CCNC(=O)C3)cc2)cc1C. The molecule has 0 aromatic heterocycles. The molecule has 3 rings (SSSR count). The molecule has 2 aromatic rings. The van der Waals surface area contributed by atoms with E-state index >= 15 is 0 Å². The summed E-state index contributed by atoms with van der Waals surface area (Å²) in [6.45, 7) is 5.84. The third-order valence-corrected chi connectivity index (χ3v) is 4.30. The molecule has 5 nitrogen and oxygen atoms in total. The van der Waals surface area contributed by atoms with Crippen molar-refractivity contribution in [1.29, 1.82) is 0 Å². The van der Waals surface area contributed by atoms with E-state index in [1.165, 1.54) is 5.56 Å². The Morgan fingerprint density at radius 3 is 2.50 bits per heavy atom. The van der Waals surface area contributed by atoms with Gasteiger partial charge in [0.05, 0.1) is 6.54 Å². The van der Waals surface area contributed by atoms with Gasteiger partial charge in [0.2, 0.25) is 5.91 Å². The number of benzene rings is 2. The van der Waals surface area contributed by atoms with Crippen molar-refractivity contribution in [3.63, 3.8) is 0 Å². The monoisotopic (exact) mass is 323 g/mol. The molecular formula is C19H21N3O2. The molecule has 2 amide bonds. The minimum Gasteiger partial charge on any atom is -0.360 e. The summed E-state index contributed by atoms with van der Waals surface area (Å²) in [6, 6.07) is 13.3. The van der Waals surface area contributed by atoms with Crippen molar-refractivity contribution >= 4 is 23.2 Å². The Labute approximate surface area is 141 Å². The first-order valence-electron chi connectivity index (χ1n) is 8.03. The minimum absolute atomic E-state index is 0.0355. The molecule has 0 unspecified atom stereocenters. The van der Waals surface area contributed by atoms with E-state index in [-0.39, 0.29) is 11.8 Å². The first kappa shape index (κ1) is 16.1. The molecule has 1 saturated heterocycles. The highest BCUT2D eigenvalue weighted by atomic mass is 16.2. The van der Waals surface area contributed by atoms with Crippen LogP contribution in [0.3, 0.4) is 0 Å². The molecule has 1 aliphatic rings. The van der Waals surface area contributed by atoms with Crippen molar-refractivity contribution in [1.82, 2.24) is 5.32 Å². The molecule has 1 aliphatic heterocycles. The summed E-state index contributed by atoms with van der Waals surface area (Å²) in [6.07, 6.45) is 0. The molecule has 5 heteroatoms. The van der Waals surface area contributed by atoms with Crippen molar-refractivity contribution in [2.75, 3.05) is 29.9 Å². The predicted molar refractivity (Wildman–Crippen MR) is 95.5 cm³/mol. The Balaban J connectivity index is 1.68. The van der Waals surface area contributed by atoms with Gasteiger partial charge in [-0.15, -0.1) is 0 Å². The van der Waals surface area contributed by atoms with Crippen LogP contribution in [0.2, 0.25) is 0 Å². The van der Waals surface area contributed by atoms with E-state index in [2.05, 4.69) is 10.6 Å². The summed E-state index contributed by atoms with van der Waals surface area (Å²) in [5, 5.41) is 5.72. The summed E-state index contributed by atoms with van der Waals surface area (Å²) >= 11 is 0. The third-order valence-electron chi connectivity index (χ3n) is 4.30. The lowest BCUT2D eigenvalue weighted by molar-refractivity contribution is -0.120. The van der Waals surface area contributed by atoms with Gasteiger partial charge < -0.3 is 15.5 Å². The van der Waals surface area contributed by atoms with Crippen molar-refractivity contribution in [2.24, 2.45) is 0 Å². The first-order valence-corrected chi connectivity index (χ1v) is 8.03. The number of nitrogens with one attached hydrogen (secondary N) is 2. The fourth-order valence-electron chi connectivity index (χ4n) is 2.70. The van der Waals surface area contributed by atoms with Crippen LogP contribution >= 0.6 is 0 Å². The molecule has 0 aliphatic carbocycles. The van der Waals surface area contributed by atoms with Gasteiger partial charge in [-0.3, -0.25) is 9.59 Å². The molecule has 124 valence electrons. The van der Waals surface area contributed by atoms with Gasteiger partial charge in [0.15, 0.2) is 0 Å². The topological polar surface area (TPSA) is 61.4 Å². The zero-order valence-electron chi connectivity index (χ0n) is 13.9. The number of carbonyl (C=O) groups excluding carboxylic acids is 2. The first-order chi connectivity index (χ1) is 11.5. The maximum absolute atomic E-state index is 12.3. The summed E-state index contributed by atoms with van der Waals surface area (Å²) in [5.74, 6) is -0.0865. The molecule has 24 heavy (non-hydrogen) atoms. The zero-order chi connectivity index (χ0) is 17.1. The molecule has 1 fully saturated rings. The Bertz CT molecular complexity index is 769. The second kappa shape index (κ2) is 6.74. The maximum Gasteiger partial charge on any atom is 0.255 e. The van der Waals surface area contributed by atoms with Gasteiger partial charge in [-0.1, -0.05) is 6.07 Å². The zero-order valence-corrected chi connectivity index (χ0v) is 13.9. The lowest BCUT2D eigenvalue weighted by Crippen LogP contribution is -2.47. The lowest BCUT2D eigenvalue weighted by atomic mass is 10.1. The summed E-state index contributed by atoms with van der Waals surface area (Å²) in [7, 11) is 0. The summed E-state index contributed by atoms with van der Waals surface area (Å²) in [4.78, 5) is 25.8. The fraction of sp³-hybridized carbons (Fsp3) is 0.263. The Morgan fingerprint density at radius 2 is 1.83 bits per heavy atom. The number of hydrogen-bond donors (Lipinski definition) is 2. The largest absolute Gasteiger partial charge is 0.360 e. The molecule has 0 radical (unpaired) electrons. The molecule has 0 atom stereocenters. The number of amides is 2. The van der Waals surface area contributed by atoms with Crippen molar-refractivity contribution in [2.45, 2.75) is 13.8 Å². The second-order valence-electron chi connectivity index (χ2n) is 6.07. The van der Waals surface area contributed by atoms with E-state index in [9.17, 15) is 9.59 Å². The quantitative estimate of drug-likeness (QED) is 0.912. The van der Waals surface area contributed by atoms with Gasteiger partial charge in [0.1, 0.15) is 0 Å². The lowest BCUT2D eigenvalue weighted by Gasteiger charge is -2.28. The normalized spacial score (nSPS) is 14.2. The van der Waals surface area contributed by atoms with Gasteiger partial charge in [-0.25, -0.2) is 0 Å². The van der Waals surface area contributed by atoms with Crippen LogP contribution in [-0.2, 0) is 4.79 Å². The van der Waals surface area contributed by atoms with Crippen molar-refractivity contribution in [3.05, 3.63) is 59.2 Å². The van der Waals surface area contributed by atoms with E-state index in [0.717, 1.165) is 23.5 Å². The molecule has 1 heterocycles. The van der Waals surface area contributed by atoms with Crippen LogP contribution in [0.25, 0.3) is 0 Å². The minimum atomic E-state index is -0.122. The van der Waals surface area contributed by atoms with Crippen LogP contribution in [0.4, 0.5) is 11.4 Å². The number of piperazine rings is 1. The van der Waals surface area contributed by atoms with Gasteiger partial charge >= 0.3 is 0 Å². The maximum atomic E-state index is 12.3. The van der Waals surface area contributed by atoms with E-state index in [1.54, 1.807) is 0 Å². The highest BCUT2D eigenvalue weighted by Gasteiger charge is 2.16. The van der Waals surface area contributed by atoms with E-state index in [1.807, 2.05) is 61.2 Å². The predicted octanol–water partition coefficient (Wildman–Crippen LogP) is 2.49. The van der Waals surface area contributed by atoms with Gasteiger partial charge in [0.25, 0.3) is 5.91 Å². The fourth-order valence-corrected chi connectivity index (χ4v) is 2.70. The number of nitrogens with zero attached hydrogens (tertiary/aromatic N) is 1. The van der Waals surface area contributed by atoms with Crippen LogP contribution < -0.4 is 15.5 Å². The number of rotatable bonds is 3. The van der Waals surface area contributed by atoms with Crippen LogP contribution in [-0.4, -0.2) is 31.4 Å². The Morgan fingerprint density at radius 1 is 1.08 bits per heavy atom. The Kier molecular flexibility index (Phi) is 4.51. The number of anilines is 2. The number of aryl methyl sites for hydroxylation is 2. The van der Waals surface area contributed by atoms with E-state index in [0.29, 0.717) is 18.7 Å². The second-order valence-corrected chi connectivity index (χ2v) is 6.07.